The first-order chi connectivity index (χ1) is 8.66. The fourth-order valence-electron chi connectivity index (χ4n) is 2.93. The van der Waals surface area contributed by atoms with Crippen LogP contribution in [-0.4, -0.2) is 5.11 Å². The van der Waals surface area contributed by atoms with E-state index in [1.807, 2.05) is 6.07 Å². The number of hydrogen-bond donors (Lipinski definition) is 1. The van der Waals surface area contributed by atoms with Crippen molar-refractivity contribution in [2.24, 2.45) is 5.92 Å². The van der Waals surface area contributed by atoms with Crippen molar-refractivity contribution in [1.82, 2.24) is 0 Å². The number of aliphatic hydroxyl groups excluding tert-OH is 1. The van der Waals surface area contributed by atoms with Gasteiger partial charge in [-0.25, -0.2) is 0 Å². The van der Waals surface area contributed by atoms with Gasteiger partial charge in [-0.3, -0.25) is 0 Å². The van der Waals surface area contributed by atoms with Gasteiger partial charge in [-0.15, -0.1) is 0 Å². The Morgan fingerprint density at radius 1 is 1.28 bits per heavy atom. The highest BCUT2D eigenvalue weighted by atomic mass is 79.9. The van der Waals surface area contributed by atoms with Crippen LogP contribution in [0.1, 0.15) is 62.2 Å². The van der Waals surface area contributed by atoms with Crippen LogP contribution in [0.25, 0.3) is 0 Å². The van der Waals surface area contributed by atoms with E-state index in [1.54, 1.807) is 0 Å². The molecule has 1 fully saturated rings. The summed E-state index contributed by atoms with van der Waals surface area (Å²) < 4.78 is 1.04. The third kappa shape index (κ3) is 3.83. The SMILES string of the molecule is Cc1ccc(C(O)CCC2CCCCC2)c(Br)c1. The number of halogens is 1. The van der Waals surface area contributed by atoms with E-state index in [9.17, 15) is 5.11 Å². The standard InChI is InChI=1S/C16H23BrO/c1-12-7-9-14(15(17)11-12)16(18)10-8-13-5-3-2-4-6-13/h7,9,11,13,16,18H,2-6,8,10H2,1H3. The van der Waals surface area contributed by atoms with Crippen molar-refractivity contribution in [3.8, 4) is 0 Å². The lowest BCUT2D eigenvalue weighted by Gasteiger charge is -2.23. The number of aliphatic hydroxyl groups is 1. The largest absolute Gasteiger partial charge is 0.388 e. The summed E-state index contributed by atoms with van der Waals surface area (Å²) in [7, 11) is 0. The predicted octanol–water partition coefficient (Wildman–Crippen LogP) is 5.15. The van der Waals surface area contributed by atoms with Gasteiger partial charge in [0.2, 0.25) is 0 Å². The molecule has 1 aromatic carbocycles. The van der Waals surface area contributed by atoms with Crippen LogP contribution in [0, 0.1) is 12.8 Å². The van der Waals surface area contributed by atoms with Crippen molar-refractivity contribution < 1.29 is 5.11 Å². The third-order valence-corrected chi connectivity index (χ3v) is 4.77. The Balaban J connectivity index is 1.88. The second kappa shape index (κ2) is 6.72. The lowest BCUT2D eigenvalue weighted by molar-refractivity contribution is 0.150. The Bertz CT molecular complexity index is 383. The summed E-state index contributed by atoms with van der Waals surface area (Å²) in [5.41, 5.74) is 2.27. The first-order valence-corrected chi connectivity index (χ1v) is 7.90. The van der Waals surface area contributed by atoms with Gasteiger partial charge in [0.25, 0.3) is 0 Å². The average Bonchev–Trinajstić information content (AvgIpc) is 2.37. The molecule has 2 heteroatoms. The fraction of sp³-hybridized carbons (Fsp3) is 0.625. The van der Waals surface area contributed by atoms with E-state index >= 15 is 0 Å². The Hall–Kier alpha value is -0.340. The number of rotatable bonds is 4. The highest BCUT2D eigenvalue weighted by Crippen LogP contribution is 2.32. The summed E-state index contributed by atoms with van der Waals surface area (Å²) in [6, 6.07) is 6.20. The number of hydrogen-bond acceptors (Lipinski definition) is 1. The third-order valence-electron chi connectivity index (χ3n) is 4.09. The summed E-state index contributed by atoms with van der Waals surface area (Å²) in [4.78, 5) is 0. The van der Waals surface area contributed by atoms with Crippen LogP contribution < -0.4 is 0 Å². The Morgan fingerprint density at radius 3 is 2.67 bits per heavy atom. The van der Waals surface area contributed by atoms with Crippen LogP contribution in [0.5, 0.6) is 0 Å². The van der Waals surface area contributed by atoms with E-state index < -0.39 is 0 Å². The van der Waals surface area contributed by atoms with E-state index in [1.165, 1.54) is 44.1 Å². The predicted molar refractivity (Wildman–Crippen MR) is 79.6 cm³/mol. The maximum atomic E-state index is 10.3. The van der Waals surface area contributed by atoms with Gasteiger partial charge in [0.1, 0.15) is 0 Å². The molecule has 0 aromatic heterocycles. The van der Waals surface area contributed by atoms with Crippen LogP contribution in [-0.2, 0) is 0 Å². The lowest BCUT2D eigenvalue weighted by atomic mass is 9.85. The minimum atomic E-state index is -0.318. The second-order valence-corrected chi connectivity index (χ2v) is 6.48. The molecule has 1 aliphatic rings. The van der Waals surface area contributed by atoms with Gasteiger partial charge in [0.15, 0.2) is 0 Å². The van der Waals surface area contributed by atoms with Gasteiger partial charge in [0, 0.05) is 4.47 Å². The zero-order valence-corrected chi connectivity index (χ0v) is 12.7. The summed E-state index contributed by atoms with van der Waals surface area (Å²) in [6.07, 6.45) is 8.64. The fourth-order valence-corrected chi connectivity index (χ4v) is 3.68. The lowest BCUT2D eigenvalue weighted by Crippen LogP contribution is -2.08. The van der Waals surface area contributed by atoms with E-state index in [4.69, 9.17) is 0 Å². The topological polar surface area (TPSA) is 20.2 Å². The van der Waals surface area contributed by atoms with Crippen LogP contribution in [0.4, 0.5) is 0 Å². The smallest absolute Gasteiger partial charge is 0.0801 e. The molecule has 2 rings (SSSR count). The molecule has 0 aliphatic heterocycles. The van der Waals surface area contributed by atoms with Crippen molar-refractivity contribution in [1.29, 1.82) is 0 Å². The maximum absolute atomic E-state index is 10.3. The summed E-state index contributed by atoms with van der Waals surface area (Å²) in [6.45, 7) is 2.07. The molecule has 1 aromatic rings. The van der Waals surface area contributed by atoms with Crippen LogP contribution in [0.2, 0.25) is 0 Å². The highest BCUT2D eigenvalue weighted by molar-refractivity contribution is 9.10. The van der Waals surface area contributed by atoms with Crippen LogP contribution >= 0.6 is 15.9 Å². The summed E-state index contributed by atoms with van der Waals surface area (Å²) >= 11 is 3.55. The van der Waals surface area contributed by atoms with E-state index in [0.717, 1.165) is 22.4 Å². The first-order valence-electron chi connectivity index (χ1n) is 7.11. The monoisotopic (exact) mass is 310 g/mol. The molecule has 18 heavy (non-hydrogen) atoms. The molecule has 1 atom stereocenters. The van der Waals surface area contributed by atoms with Crippen molar-refractivity contribution in [3.05, 3.63) is 33.8 Å². The summed E-state index contributed by atoms with van der Waals surface area (Å²) in [5, 5.41) is 10.3. The Labute approximate surface area is 119 Å². The van der Waals surface area contributed by atoms with Crippen molar-refractivity contribution in [2.75, 3.05) is 0 Å². The molecule has 0 bridgehead atoms. The number of benzene rings is 1. The van der Waals surface area contributed by atoms with Crippen molar-refractivity contribution >= 4 is 15.9 Å². The van der Waals surface area contributed by atoms with Gasteiger partial charge in [-0.1, -0.05) is 60.2 Å². The van der Waals surface area contributed by atoms with E-state index in [-0.39, 0.29) is 6.10 Å². The van der Waals surface area contributed by atoms with Crippen molar-refractivity contribution in [2.45, 2.75) is 58.0 Å². The van der Waals surface area contributed by atoms with Gasteiger partial charge >= 0.3 is 0 Å². The van der Waals surface area contributed by atoms with Gasteiger partial charge < -0.3 is 5.11 Å². The van der Waals surface area contributed by atoms with Crippen LogP contribution in [0.3, 0.4) is 0 Å². The zero-order chi connectivity index (χ0) is 13.0. The van der Waals surface area contributed by atoms with Gasteiger partial charge in [0.05, 0.1) is 6.10 Å². The molecule has 1 saturated carbocycles. The van der Waals surface area contributed by atoms with Crippen molar-refractivity contribution in [3.63, 3.8) is 0 Å². The molecule has 1 unspecified atom stereocenters. The normalized spacial score (nSPS) is 18.8. The Morgan fingerprint density at radius 2 is 2.00 bits per heavy atom. The molecule has 1 nitrogen and oxygen atoms in total. The van der Waals surface area contributed by atoms with Gasteiger partial charge in [-0.2, -0.15) is 0 Å². The Kier molecular flexibility index (Phi) is 5.25. The molecule has 0 saturated heterocycles. The molecular weight excluding hydrogens is 288 g/mol. The molecular formula is C16H23BrO. The molecule has 0 amide bonds. The molecule has 1 aliphatic carbocycles. The molecule has 1 N–H and O–H groups in total. The molecule has 0 spiro atoms. The zero-order valence-electron chi connectivity index (χ0n) is 11.2. The maximum Gasteiger partial charge on any atom is 0.0801 e. The van der Waals surface area contributed by atoms with E-state index in [0.29, 0.717) is 0 Å². The average molecular weight is 311 g/mol. The quantitative estimate of drug-likeness (QED) is 0.815. The van der Waals surface area contributed by atoms with Gasteiger partial charge in [-0.05, 0) is 42.9 Å². The molecule has 0 heterocycles. The second-order valence-electron chi connectivity index (χ2n) is 5.62. The molecule has 0 radical (unpaired) electrons. The minimum absolute atomic E-state index is 0.318. The first kappa shape index (κ1) is 14.1. The number of aryl methyl sites for hydroxylation is 1. The van der Waals surface area contributed by atoms with E-state index in [2.05, 4.69) is 35.0 Å². The minimum Gasteiger partial charge on any atom is -0.388 e. The summed E-state index contributed by atoms with van der Waals surface area (Å²) in [5.74, 6) is 0.845. The van der Waals surface area contributed by atoms with Crippen LogP contribution in [0.15, 0.2) is 22.7 Å². The highest BCUT2D eigenvalue weighted by Gasteiger charge is 2.17. The molecule has 100 valence electrons.